The van der Waals surface area contributed by atoms with Crippen molar-refractivity contribution in [1.29, 1.82) is 0 Å². The van der Waals surface area contributed by atoms with Gasteiger partial charge in [-0.3, -0.25) is 9.78 Å². The number of piperidine rings is 1. The van der Waals surface area contributed by atoms with E-state index in [9.17, 15) is 4.79 Å². The second kappa shape index (κ2) is 3.72. The first-order chi connectivity index (χ1) is 7.84. The minimum absolute atomic E-state index is 0.0759. The Hall–Kier alpha value is -1.68. The maximum atomic E-state index is 11.8. The van der Waals surface area contributed by atoms with Crippen LogP contribution in [0.25, 0.3) is 11.0 Å². The summed E-state index contributed by atoms with van der Waals surface area (Å²) < 4.78 is 0. The predicted molar refractivity (Wildman–Crippen MR) is 61.3 cm³/mol. The number of aromatic nitrogens is 2. The molecule has 0 aliphatic carbocycles. The lowest BCUT2D eigenvalue weighted by atomic mass is 9.94. The molecule has 3 heterocycles. The molecule has 1 atom stereocenters. The van der Waals surface area contributed by atoms with Crippen molar-refractivity contribution in [3.63, 3.8) is 0 Å². The Labute approximate surface area is 93.1 Å². The van der Waals surface area contributed by atoms with E-state index in [1.807, 2.05) is 24.4 Å². The van der Waals surface area contributed by atoms with Gasteiger partial charge in [0, 0.05) is 25.7 Å². The number of nitrogens with zero attached hydrogens (tertiary/aromatic N) is 1. The molecule has 16 heavy (non-hydrogen) atoms. The molecule has 1 saturated heterocycles. The van der Waals surface area contributed by atoms with Crippen LogP contribution in [0.3, 0.4) is 0 Å². The van der Waals surface area contributed by atoms with Crippen molar-refractivity contribution in [2.24, 2.45) is 0 Å². The third-order valence-electron chi connectivity index (χ3n) is 3.07. The van der Waals surface area contributed by atoms with Crippen LogP contribution >= 0.6 is 0 Å². The number of hydrogen-bond donors (Lipinski definition) is 2. The summed E-state index contributed by atoms with van der Waals surface area (Å²) in [6.07, 6.45) is 2.47. The van der Waals surface area contributed by atoms with Gasteiger partial charge in [-0.15, -0.1) is 0 Å². The Morgan fingerprint density at radius 1 is 1.31 bits per heavy atom. The van der Waals surface area contributed by atoms with Gasteiger partial charge in [-0.25, -0.2) is 0 Å². The van der Waals surface area contributed by atoms with E-state index in [0.717, 1.165) is 23.3 Å². The molecule has 4 nitrogen and oxygen atoms in total. The fourth-order valence-electron chi connectivity index (χ4n) is 2.16. The largest absolute Gasteiger partial charge is 0.360 e. The van der Waals surface area contributed by atoms with Gasteiger partial charge in [-0.1, -0.05) is 0 Å². The van der Waals surface area contributed by atoms with Gasteiger partial charge in [0.1, 0.15) is 5.78 Å². The van der Waals surface area contributed by atoms with Gasteiger partial charge in [-0.05, 0) is 18.2 Å². The molecule has 0 radical (unpaired) electrons. The van der Waals surface area contributed by atoms with Crippen LogP contribution in [0.4, 0.5) is 0 Å². The molecular formula is C12H13N3O. The number of carbonyl (C=O) groups is 1. The monoisotopic (exact) mass is 215 g/mol. The summed E-state index contributed by atoms with van der Waals surface area (Å²) in [5.41, 5.74) is 2.82. The standard InChI is InChI=1S/C12H13N3O/c16-12-4-5-13-7-8(12)9-1-2-10-11(15-9)3-6-14-10/h1-3,6,8,13-14H,4-5,7H2/t8-/m1/s1. The molecule has 1 aliphatic rings. The number of fused-ring (bicyclic) bond motifs is 1. The molecule has 2 aromatic rings. The lowest BCUT2D eigenvalue weighted by Crippen LogP contribution is -2.35. The van der Waals surface area contributed by atoms with E-state index < -0.39 is 0 Å². The molecule has 0 saturated carbocycles. The number of H-pyrrole nitrogens is 1. The maximum absolute atomic E-state index is 11.8. The SMILES string of the molecule is O=C1CCNC[C@@H]1c1ccc2[nH]ccc2n1. The lowest BCUT2D eigenvalue weighted by Gasteiger charge is -2.20. The number of nitrogens with one attached hydrogen (secondary N) is 2. The van der Waals surface area contributed by atoms with Crippen LogP contribution in [0.5, 0.6) is 0 Å². The van der Waals surface area contributed by atoms with E-state index in [1.54, 1.807) is 0 Å². The first kappa shape index (κ1) is 9.54. The van der Waals surface area contributed by atoms with Crippen molar-refractivity contribution in [3.8, 4) is 0 Å². The number of carbonyl (C=O) groups excluding carboxylic acids is 1. The predicted octanol–water partition coefficient (Wildman–Crippen LogP) is 1.21. The van der Waals surface area contributed by atoms with E-state index in [1.165, 1.54) is 0 Å². The average molecular weight is 215 g/mol. The summed E-state index contributed by atoms with van der Waals surface area (Å²) in [5, 5.41) is 3.24. The molecule has 3 rings (SSSR count). The third-order valence-corrected chi connectivity index (χ3v) is 3.07. The molecular weight excluding hydrogens is 202 g/mol. The molecule has 4 heteroatoms. The number of aromatic amines is 1. The smallest absolute Gasteiger partial charge is 0.144 e. The van der Waals surface area contributed by atoms with E-state index in [-0.39, 0.29) is 5.92 Å². The van der Waals surface area contributed by atoms with Crippen molar-refractivity contribution in [3.05, 3.63) is 30.1 Å². The number of Topliss-reactive ketones (excluding diaryl/α,β-unsaturated/α-hetero) is 1. The number of ketones is 1. The van der Waals surface area contributed by atoms with Crippen molar-refractivity contribution in [1.82, 2.24) is 15.3 Å². The van der Waals surface area contributed by atoms with Crippen LogP contribution < -0.4 is 5.32 Å². The second-order valence-corrected chi connectivity index (χ2v) is 4.12. The zero-order valence-corrected chi connectivity index (χ0v) is 8.86. The van der Waals surface area contributed by atoms with E-state index in [2.05, 4.69) is 15.3 Å². The van der Waals surface area contributed by atoms with Gasteiger partial charge in [0.25, 0.3) is 0 Å². The van der Waals surface area contributed by atoms with Gasteiger partial charge in [0.2, 0.25) is 0 Å². The Bertz CT molecular complexity index is 532. The Morgan fingerprint density at radius 3 is 3.12 bits per heavy atom. The fraction of sp³-hybridized carbons (Fsp3) is 0.333. The van der Waals surface area contributed by atoms with Crippen LogP contribution in [0.15, 0.2) is 24.4 Å². The van der Waals surface area contributed by atoms with Crippen molar-refractivity contribution in [2.75, 3.05) is 13.1 Å². The molecule has 0 amide bonds. The van der Waals surface area contributed by atoms with Crippen LogP contribution in [-0.2, 0) is 4.79 Å². The van der Waals surface area contributed by atoms with Gasteiger partial charge >= 0.3 is 0 Å². The van der Waals surface area contributed by atoms with Gasteiger partial charge in [0.05, 0.1) is 22.6 Å². The molecule has 0 spiro atoms. The van der Waals surface area contributed by atoms with Gasteiger partial charge < -0.3 is 10.3 Å². The molecule has 0 aromatic carbocycles. The summed E-state index contributed by atoms with van der Waals surface area (Å²) in [5.74, 6) is 0.217. The minimum atomic E-state index is -0.0759. The normalized spacial score (nSPS) is 21.5. The van der Waals surface area contributed by atoms with E-state index in [0.29, 0.717) is 18.7 Å². The second-order valence-electron chi connectivity index (χ2n) is 4.12. The summed E-state index contributed by atoms with van der Waals surface area (Å²) in [7, 11) is 0. The number of pyridine rings is 1. The topological polar surface area (TPSA) is 57.8 Å². The van der Waals surface area contributed by atoms with Crippen molar-refractivity contribution in [2.45, 2.75) is 12.3 Å². The van der Waals surface area contributed by atoms with Crippen molar-refractivity contribution < 1.29 is 4.79 Å². The molecule has 1 fully saturated rings. The van der Waals surface area contributed by atoms with E-state index >= 15 is 0 Å². The maximum Gasteiger partial charge on any atom is 0.144 e. The summed E-state index contributed by atoms with van der Waals surface area (Å²) in [4.78, 5) is 19.4. The quantitative estimate of drug-likeness (QED) is 0.751. The first-order valence-corrected chi connectivity index (χ1v) is 5.52. The zero-order chi connectivity index (χ0) is 11.0. The summed E-state index contributed by atoms with van der Waals surface area (Å²) in [6.45, 7) is 1.50. The zero-order valence-electron chi connectivity index (χ0n) is 8.86. The number of hydrogen-bond acceptors (Lipinski definition) is 3. The molecule has 0 bridgehead atoms. The van der Waals surface area contributed by atoms with Crippen LogP contribution in [0.1, 0.15) is 18.0 Å². The van der Waals surface area contributed by atoms with Gasteiger partial charge in [-0.2, -0.15) is 0 Å². The highest BCUT2D eigenvalue weighted by Gasteiger charge is 2.24. The molecule has 2 aromatic heterocycles. The first-order valence-electron chi connectivity index (χ1n) is 5.52. The molecule has 0 unspecified atom stereocenters. The molecule has 1 aliphatic heterocycles. The Balaban J connectivity index is 2.00. The highest BCUT2D eigenvalue weighted by Crippen LogP contribution is 2.20. The average Bonchev–Trinajstić information content (AvgIpc) is 2.76. The summed E-state index contributed by atoms with van der Waals surface area (Å²) in [6, 6.07) is 5.85. The molecule has 2 N–H and O–H groups in total. The van der Waals surface area contributed by atoms with E-state index in [4.69, 9.17) is 0 Å². The highest BCUT2D eigenvalue weighted by atomic mass is 16.1. The number of rotatable bonds is 1. The van der Waals surface area contributed by atoms with Crippen LogP contribution in [-0.4, -0.2) is 28.8 Å². The van der Waals surface area contributed by atoms with Crippen LogP contribution in [0.2, 0.25) is 0 Å². The molecule has 82 valence electrons. The third kappa shape index (κ3) is 1.51. The Kier molecular flexibility index (Phi) is 2.22. The summed E-state index contributed by atoms with van der Waals surface area (Å²) >= 11 is 0. The highest BCUT2D eigenvalue weighted by molar-refractivity contribution is 5.87. The van der Waals surface area contributed by atoms with Crippen LogP contribution in [0, 0.1) is 0 Å². The van der Waals surface area contributed by atoms with Gasteiger partial charge in [0.15, 0.2) is 0 Å². The lowest BCUT2D eigenvalue weighted by molar-refractivity contribution is -0.121. The minimum Gasteiger partial charge on any atom is -0.360 e. The fourth-order valence-corrected chi connectivity index (χ4v) is 2.16. The van der Waals surface area contributed by atoms with Crippen molar-refractivity contribution >= 4 is 16.8 Å². The Morgan fingerprint density at radius 2 is 2.25 bits per heavy atom.